The molecule has 0 unspecified atom stereocenters. The normalized spacial score (nSPS) is 11.5. The summed E-state index contributed by atoms with van der Waals surface area (Å²) >= 11 is 0. The highest BCUT2D eigenvalue weighted by molar-refractivity contribution is 7.92. The van der Waals surface area contributed by atoms with Crippen LogP contribution >= 0.6 is 0 Å². The van der Waals surface area contributed by atoms with E-state index in [2.05, 4.69) is 15.4 Å². The maximum Gasteiger partial charge on any atom is 0.319 e. The molecule has 0 fully saturated rings. The Morgan fingerprint density at radius 2 is 1.30 bits per heavy atom. The van der Waals surface area contributed by atoms with Crippen LogP contribution in [0.5, 0.6) is 0 Å². The lowest BCUT2D eigenvalue weighted by atomic mass is 10.1. The Morgan fingerprint density at radius 1 is 0.703 bits per heavy atom. The topological polar surface area (TPSA) is 147 Å². The SMILES string of the molecule is NS(=O)(=O)c1ccc(CNC(=O)Nc2ccc(NS(=O)(=O)c3ccccc3-c3ccccc3)cc2)cc1. The number of hydrogen-bond donors (Lipinski definition) is 4. The minimum Gasteiger partial charge on any atom is -0.334 e. The van der Waals surface area contributed by atoms with Crippen LogP contribution in [-0.2, 0) is 26.6 Å². The van der Waals surface area contributed by atoms with Crippen molar-refractivity contribution in [2.75, 3.05) is 10.0 Å². The third kappa shape index (κ3) is 6.73. The molecule has 37 heavy (non-hydrogen) atoms. The van der Waals surface area contributed by atoms with E-state index in [9.17, 15) is 21.6 Å². The summed E-state index contributed by atoms with van der Waals surface area (Å²) in [7, 11) is -7.65. The van der Waals surface area contributed by atoms with Crippen LogP contribution in [0.4, 0.5) is 16.2 Å². The molecule has 9 nitrogen and oxygen atoms in total. The highest BCUT2D eigenvalue weighted by Crippen LogP contribution is 2.28. The number of sulfonamides is 2. The van der Waals surface area contributed by atoms with Gasteiger partial charge in [0.05, 0.1) is 9.79 Å². The van der Waals surface area contributed by atoms with Crippen molar-refractivity contribution in [1.82, 2.24) is 5.32 Å². The smallest absolute Gasteiger partial charge is 0.319 e. The van der Waals surface area contributed by atoms with Gasteiger partial charge in [0, 0.05) is 23.5 Å². The lowest BCUT2D eigenvalue weighted by Crippen LogP contribution is -2.28. The van der Waals surface area contributed by atoms with E-state index in [1.54, 1.807) is 60.7 Å². The van der Waals surface area contributed by atoms with E-state index in [1.165, 1.54) is 12.1 Å². The van der Waals surface area contributed by atoms with Gasteiger partial charge in [-0.15, -0.1) is 0 Å². The number of anilines is 2. The summed E-state index contributed by atoms with van der Waals surface area (Å²) in [6, 6.07) is 27.6. The molecule has 4 aromatic rings. The standard InChI is InChI=1S/C26H24N4O5S2/c27-36(32,33)23-16-10-19(11-17-23)18-28-26(31)29-21-12-14-22(15-13-21)30-37(34,35)25-9-5-4-8-24(25)20-6-2-1-3-7-20/h1-17,30H,18H2,(H2,27,32,33)(H2,28,29,31). The first-order valence-corrected chi connectivity index (χ1v) is 14.1. The van der Waals surface area contributed by atoms with Crippen molar-refractivity contribution in [3.8, 4) is 11.1 Å². The first-order valence-electron chi connectivity index (χ1n) is 11.1. The summed E-state index contributed by atoms with van der Waals surface area (Å²) in [4.78, 5) is 12.4. The molecule has 0 radical (unpaired) electrons. The lowest BCUT2D eigenvalue weighted by Gasteiger charge is -2.13. The predicted molar refractivity (Wildman–Crippen MR) is 143 cm³/mol. The van der Waals surface area contributed by atoms with Crippen LogP contribution in [-0.4, -0.2) is 22.9 Å². The van der Waals surface area contributed by atoms with Crippen LogP contribution in [0.1, 0.15) is 5.56 Å². The molecule has 0 atom stereocenters. The van der Waals surface area contributed by atoms with Gasteiger partial charge in [0.1, 0.15) is 0 Å². The second kappa shape index (κ2) is 10.8. The summed E-state index contributed by atoms with van der Waals surface area (Å²) in [5, 5.41) is 10.4. The number of hydrogen-bond acceptors (Lipinski definition) is 5. The van der Waals surface area contributed by atoms with Gasteiger partial charge in [0.15, 0.2) is 0 Å². The Labute approximate surface area is 215 Å². The number of nitrogens with two attached hydrogens (primary N) is 1. The molecule has 0 spiro atoms. The quantitative estimate of drug-likeness (QED) is 0.267. The number of benzene rings is 4. The van der Waals surface area contributed by atoms with E-state index in [-0.39, 0.29) is 16.3 Å². The first kappa shape index (κ1) is 25.9. The fourth-order valence-electron chi connectivity index (χ4n) is 3.54. The van der Waals surface area contributed by atoms with Crippen molar-refractivity contribution in [2.45, 2.75) is 16.3 Å². The van der Waals surface area contributed by atoms with E-state index in [1.807, 2.05) is 30.3 Å². The molecule has 0 bridgehead atoms. The van der Waals surface area contributed by atoms with Crippen molar-refractivity contribution in [3.05, 3.63) is 109 Å². The van der Waals surface area contributed by atoms with Gasteiger partial charge >= 0.3 is 6.03 Å². The molecule has 4 aromatic carbocycles. The molecule has 4 rings (SSSR count). The number of rotatable bonds is 8. The summed E-state index contributed by atoms with van der Waals surface area (Å²) < 4.78 is 51.5. The third-order valence-electron chi connectivity index (χ3n) is 5.36. The van der Waals surface area contributed by atoms with Gasteiger partial charge in [0.25, 0.3) is 10.0 Å². The van der Waals surface area contributed by atoms with Crippen LogP contribution in [0.15, 0.2) is 113 Å². The molecule has 0 saturated carbocycles. The van der Waals surface area contributed by atoms with Crippen LogP contribution in [0.3, 0.4) is 0 Å². The fourth-order valence-corrected chi connectivity index (χ4v) is 5.35. The highest BCUT2D eigenvalue weighted by Gasteiger charge is 2.19. The molecule has 0 aliphatic rings. The second-order valence-corrected chi connectivity index (χ2v) is 11.3. The Bertz CT molecular complexity index is 1610. The van der Waals surface area contributed by atoms with Gasteiger partial charge < -0.3 is 10.6 Å². The number of nitrogens with one attached hydrogen (secondary N) is 3. The van der Waals surface area contributed by atoms with Crippen molar-refractivity contribution in [1.29, 1.82) is 0 Å². The average Bonchev–Trinajstić information content (AvgIpc) is 2.89. The van der Waals surface area contributed by atoms with E-state index >= 15 is 0 Å². The number of urea groups is 1. The van der Waals surface area contributed by atoms with E-state index in [0.717, 1.165) is 5.56 Å². The van der Waals surface area contributed by atoms with Crippen LogP contribution in [0, 0.1) is 0 Å². The Kier molecular flexibility index (Phi) is 7.58. The van der Waals surface area contributed by atoms with Crippen molar-refractivity contribution in [2.24, 2.45) is 5.14 Å². The summed E-state index contributed by atoms with van der Waals surface area (Å²) in [5.74, 6) is 0. The minimum atomic E-state index is -3.87. The fraction of sp³-hybridized carbons (Fsp3) is 0.0385. The number of amides is 2. The molecule has 0 aliphatic carbocycles. The maximum absolute atomic E-state index is 13.1. The molecule has 5 N–H and O–H groups in total. The van der Waals surface area contributed by atoms with Gasteiger partial charge in [-0.3, -0.25) is 4.72 Å². The summed E-state index contributed by atoms with van der Waals surface area (Å²) in [6.07, 6.45) is 0. The van der Waals surface area contributed by atoms with E-state index in [4.69, 9.17) is 5.14 Å². The van der Waals surface area contributed by atoms with Gasteiger partial charge in [-0.25, -0.2) is 26.8 Å². The van der Waals surface area contributed by atoms with Crippen molar-refractivity contribution in [3.63, 3.8) is 0 Å². The molecular formula is C26H24N4O5S2. The zero-order valence-electron chi connectivity index (χ0n) is 19.5. The zero-order chi connectivity index (χ0) is 26.5. The Balaban J connectivity index is 1.38. The summed E-state index contributed by atoms with van der Waals surface area (Å²) in [5.41, 5.74) is 2.85. The molecule has 0 saturated heterocycles. The van der Waals surface area contributed by atoms with Crippen molar-refractivity contribution >= 4 is 37.5 Å². The van der Waals surface area contributed by atoms with E-state index in [0.29, 0.717) is 22.5 Å². The lowest BCUT2D eigenvalue weighted by molar-refractivity contribution is 0.251. The molecular weight excluding hydrogens is 512 g/mol. The van der Waals surface area contributed by atoms with Crippen LogP contribution in [0.2, 0.25) is 0 Å². The van der Waals surface area contributed by atoms with Gasteiger partial charge in [0.2, 0.25) is 10.0 Å². The molecule has 2 amide bonds. The van der Waals surface area contributed by atoms with Gasteiger partial charge in [-0.05, 0) is 53.6 Å². The zero-order valence-corrected chi connectivity index (χ0v) is 21.1. The average molecular weight is 537 g/mol. The first-order chi connectivity index (χ1) is 17.6. The maximum atomic E-state index is 13.1. The Hall–Kier alpha value is -4.19. The summed E-state index contributed by atoms with van der Waals surface area (Å²) in [6.45, 7) is 0.162. The number of carbonyl (C=O) groups is 1. The molecule has 0 aliphatic heterocycles. The molecule has 0 aromatic heterocycles. The molecule has 0 heterocycles. The third-order valence-corrected chi connectivity index (χ3v) is 7.73. The number of primary sulfonamides is 1. The monoisotopic (exact) mass is 536 g/mol. The highest BCUT2D eigenvalue weighted by atomic mass is 32.2. The van der Waals surface area contributed by atoms with Crippen LogP contribution in [0.25, 0.3) is 11.1 Å². The van der Waals surface area contributed by atoms with Gasteiger partial charge in [-0.1, -0.05) is 60.7 Å². The minimum absolute atomic E-state index is 0.0139. The van der Waals surface area contributed by atoms with E-state index < -0.39 is 26.1 Å². The van der Waals surface area contributed by atoms with Crippen molar-refractivity contribution < 1.29 is 21.6 Å². The molecule has 190 valence electrons. The number of carbonyl (C=O) groups excluding carboxylic acids is 1. The van der Waals surface area contributed by atoms with Crippen LogP contribution < -0.4 is 20.5 Å². The predicted octanol–water partition coefficient (Wildman–Crippen LogP) is 4.12. The largest absolute Gasteiger partial charge is 0.334 e. The molecule has 11 heteroatoms. The second-order valence-electron chi connectivity index (χ2n) is 8.04. The van der Waals surface area contributed by atoms with Gasteiger partial charge in [-0.2, -0.15) is 0 Å². The Morgan fingerprint density at radius 3 is 1.95 bits per heavy atom.